The van der Waals surface area contributed by atoms with Crippen molar-refractivity contribution in [2.45, 2.75) is 25.8 Å². The molecule has 1 aromatic carbocycles. The summed E-state index contributed by atoms with van der Waals surface area (Å²) in [6, 6.07) is 8.23. The highest BCUT2D eigenvalue weighted by molar-refractivity contribution is 5.99. The maximum Gasteiger partial charge on any atom is 0.253 e. The molecule has 1 saturated carbocycles. The van der Waals surface area contributed by atoms with Crippen molar-refractivity contribution in [3.63, 3.8) is 0 Å². The highest BCUT2D eigenvalue weighted by Crippen LogP contribution is 2.26. The van der Waals surface area contributed by atoms with Crippen LogP contribution in [0.1, 0.15) is 30.1 Å². The van der Waals surface area contributed by atoms with E-state index < -0.39 is 0 Å². The van der Waals surface area contributed by atoms with Gasteiger partial charge in [-0.15, -0.1) is 0 Å². The number of benzene rings is 1. The van der Waals surface area contributed by atoms with Crippen LogP contribution in [0.15, 0.2) is 24.3 Å². The second-order valence-electron chi connectivity index (χ2n) is 3.82. The van der Waals surface area contributed by atoms with Crippen molar-refractivity contribution < 1.29 is 4.79 Å². The lowest BCUT2D eigenvalue weighted by molar-refractivity contribution is 0.0956. The Labute approximate surface area is 89.9 Å². The molecule has 0 radical (unpaired) electrons. The minimum atomic E-state index is 0.00116. The second kappa shape index (κ2) is 4.34. The Morgan fingerprint density at radius 1 is 1.40 bits per heavy atom. The quantitative estimate of drug-likeness (QED) is 0.787. The minimum Gasteiger partial charge on any atom is -0.382 e. The first kappa shape index (κ1) is 10.0. The van der Waals surface area contributed by atoms with E-state index in [4.69, 9.17) is 0 Å². The van der Waals surface area contributed by atoms with Gasteiger partial charge in [0.1, 0.15) is 0 Å². The number of amides is 1. The van der Waals surface area contributed by atoms with Gasteiger partial charge in [-0.2, -0.15) is 0 Å². The van der Waals surface area contributed by atoms with Gasteiger partial charge in [0.2, 0.25) is 0 Å². The van der Waals surface area contributed by atoms with Gasteiger partial charge in [0.15, 0.2) is 0 Å². The van der Waals surface area contributed by atoms with Crippen LogP contribution in [0.4, 0.5) is 5.69 Å². The van der Waals surface area contributed by atoms with Crippen LogP contribution in [0.3, 0.4) is 0 Å². The summed E-state index contributed by atoms with van der Waals surface area (Å²) in [5.41, 5.74) is 1.69. The summed E-state index contributed by atoms with van der Waals surface area (Å²) in [5, 5.41) is 6.18. The highest BCUT2D eigenvalue weighted by Gasteiger charge is 2.22. The molecule has 1 aliphatic carbocycles. The molecule has 1 fully saturated rings. The van der Waals surface area contributed by atoms with Gasteiger partial charge in [-0.05, 0) is 31.9 Å². The molecule has 80 valence electrons. The molecule has 0 atom stereocenters. The molecular weight excluding hydrogens is 188 g/mol. The van der Waals surface area contributed by atoms with Crippen LogP contribution in [0.25, 0.3) is 0 Å². The Hall–Kier alpha value is -1.51. The lowest BCUT2D eigenvalue weighted by Gasteiger charge is -2.10. The molecule has 2 N–H and O–H groups in total. The molecule has 0 bridgehead atoms. The molecule has 0 unspecified atom stereocenters. The zero-order valence-electron chi connectivity index (χ0n) is 8.92. The summed E-state index contributed by atoms with van der Waals surface area (Å²) in [5.74, 6) is 0.00116. The molecule has 15 heavy (non-hydrogen) atoms. The van der Waals surface area contributed by atoms with Crippen molar-refractivity contribution in [3.8, 4) is 0 Å². The number of para-hydroxylation sites is 1. The molecule has 0 spiro atoms. The van der Waals surface area contributed by atoms with Gasteiger partial charge in [-0.1, -0.05) is 12.1 Å². The first-order chi connectivity index (χ1) is 7.31. The Balaban J connectivity index is 2.16. The van der Waals surface area contributed by atoms with Crippen LogP contribution < -0.4 is 10.6 Å². The Bertz CT molecular complexity index is 358. The standard InChI is InChI=1S/C12H16N2O/c1-2-13-12(15)10-5-3-4-6-11(10)14-9-7-8-9/h3-6,9,14H,2,7-8H2,1H3,(H,13,15). The van der Waals surface area contributed by atoms with Crippen molar-refractivity contribution in [3.05, 3.63) is 29.8 Å². The summed E-state index contributed by atoms with van der Waals surface area (Å²) < 4.78 is 0. The number of hydrogen-bond donors (Lipinski definition) is 2. The van der Waals surface area contributed by atoms with Crippen LogP contribution in [0.5, 0.6) is 0 Å². The van der Waals surface area contributed by atoms with E-state index in [1.807, 2.05) is 31.2 Å². The fourth-order valence-corrected chi connectivity index (χ4v) is 1.51. The van der Waals surface area contributed by atoms with E-state index in [-0.39, 0.29) is 5.91 Å². The van der Waals surface area contributed by atoms with E-state index in [1.165, 1.54) is 12.8 Å². The van der Waals surface area contributed by atoms with Gasteiger partial charge < -0.3 is 10.6 Å². The highest BCUT2D eigenvalue weighted by atomic mass is 16.1. The number of anilines is 1. The topological polar surface area (TPSA) is 41.1 Å². The van der Waals surface area contributed by atoms with Crippen molar-refractivity contribution in [2.24, 2.45) is 0 Å². The summed E-state index contributed by atoms with van der Waals surface area (Å²) in [4.78, 5) is 11.7. The zero-order chi connectivity index (χ0) is 10.7. The predicted molar refractivity (Wildman–Crippen MR) is 61.1 cm³/mol. The third-order valence-corrected chi connectivity index (χ3v) is 2.45. The largest absolute Gasteiger partial charge is 0.382 e. The maximum absolute atomic E-state index is 11.7. The molecule has 3 nitrogen and oxygen atoms in total. The third kappa shape index (κ3) is 2.49. The molecule has 0 aliphatic heterocycles. The SMILES string of the molecule is CCNC(=O)c1ccccc1NC1CC1. The van der Waals surface area contributed by atoms with Crippen LogP contribution in [0.2, 0.25) is 0 Å². The molecule has 1 aromatic rings. The van der Waals surface area contributed by atoms with Crippen molar-refractivity contribution >= 4 is 11.6 Å². The first-order valence-electron chi connectivity index (χ1n) is 5.45. The van der Waals surface area contributed by atoms with E-state index in [9.17, 15) is 4.79 Å². The molecule has 2 rings (SSSR count). The zero-order valence-corrected chi connectivity index (χ0v) is 8.92. The summed E-state index contributed by atoms with van der Waals surface area (Å²) in [6.45, 7) is 2.59. The van der Waals surface area contributed by atoms with Gasteiger partial charge >= 0.3 is 0 Å². The van der Waals surface area contributed by atoms with E-state index in [0.717, 1.165) is 11.3 Å². The van der Waals surface area contributed by atoms with Crippen LogP contribution in [-0.2, 0) is 0 Å². The van der Waals surface area contributed by atoms with Crippen LogP contribution in [-0.4, -0.2) is 18.5 Å². The summed E-state index contributed by atoms with van der Waals surface area (Å²) in [6.07, 6.45) is 2.42. The molecule has 0 saturated heterocycles. The number of carbonyl (C=O) groups excluding carboxylic acids is 1. The summed E-state index contributed by atoms with van der Waals surface area (Å²) in [7, 11) is 0. The average Bonchev–Trinajstić information content (AvgIpc) is 3.03. The first-order valence-corrected chi connectivity index (χ1v) is 5.45. The van der Waals surface area contributed by atoms with Crippen molar-refractivity contribution in [2.75, 3.05) is 11.9 Å². The number of hydrogen-bond acceptors (Lipinski definition) is 2. The van der Waals surface area contributed by atoms with E-state index in [1.54, 1.807) is 0 Å². The normalized spacial score (nSPS) is 14.7. The van der Waals surface area contributed by atoms with E-state index >= 15 is 0 Å². The molecule has 3 heteroatoms. The fraction of sp³-hybridized carbons (Fsp3) is 0.417. The lowest BCUT2D eigenvalue weighted by atomic mass is 10.1. The van der Waals surface area contributed by atoms with E-state index in [2.05, 4.69) is 10.6 Å². The number of rotatable bonds is 4. The Morgan fingerprint density at radius 3 is 2.80 bits per heavy atom. The fourth-order valence-electron chi connectivity index (χ4n) is 1.51. The number of nitrogens with one attached hydrogen (secondary N) is 2. The van der Waals surface area contributed by atoms with Crippen molar-refractivity contribution in [1.29, 1.82) is 0 Å². The Kier molecular flexibility index (Phi) is 2.90. The van der Waals surface area contributed by atoms with Gasteiger partial charge in [-0.3, -0.25) is 4.79 Å². The van der Waals surface area contributed by atoms with Gasteiger partial charge in [0.25, 0.3) is 5.91 Å². The second-order valence-corrected chi connectivity index (χ2v) is 3.82. The predicted octanol–water partition coefficient (Wildman–Crippen LogP) is 2.01. The third-order valence-electron chi connectivity index (χ3n) is 2.45. The van der Waals surface area contributed by atoms with Crippen LogP contribution >= 0.6 is 0 Å². The van der Waals surface area contributed by atoms with Gasteiger partial charge in [0, 0.05) is 18.3 Å². The number of carbonyl (C=O) groups is 1. The van der Waals surface area contributed by atoms with E-state index in [0.29, 0.717) is 12.6 Å². The van der Waals surface area contributed by atoms with Crippen molar-refractivity contribution in [1.82, 2.24) is 5.32 Å². The lowest BCUT2D eigenvalue weighted by Crippen LogP contribution is -2.24. The maximum atomic E-state index is 11.7. The molecule has 1 amide bonds. The molecule has 0 heterocycles. The van der Waals surface area contributed by atoms with Gasteiger partial charge in [0.05, 0.1) is 5.56 Å². The monoisotopic (exact) mass is 204 g/mol. The minimum absolute atomic E-state index is 0.00116. The molecule has 1 aliphatic rings. The summed E-state index contributed by atoms with van der Waals surface area (Å²) >= 11 is 0. The van der Waals surface area contributed by atoms with Crippen LogP contribution in [0, 0.1) is 0 Å². The average molecular weight is 204 g/mol. The smallest absolute Gasteiger partial charge is 0.253 e. The Morgan fingerprint density at radius 2 is 2.13 bits per heavy atom. The molecular formula is C12H16N2O. The van der Waals surface area contributed by atoms with Gasteiger partial charge in [-0.25, -0.2) is 0 Å². The molecule has 0 aromatic heterocycles.